The van der Waals surface area contributed by atoms with E-state index in [-0.39, 0.29) is 17.4 Å². The zero-order valence-electron chi connectivity index (χ0n) is 12.2. The summed E-state index contributed by atoms with van der Waals surface area (Å²) in [7, 11) is 2.05. The molecule has 0 aliphatic rings. The monoisotopic (exact) mass is 330 g/mol. The van der Waals surface area contributed by atoms with Gasteiger partial charge in [0.1, 0.15) is 6.29 Å². The Morgan fingerprint density at radius 3 is 1.87 bits per heavy atom. The van der Waals surface area contributed by atoms with E-state index in [9.17, 15) is 27.6 Å². The third-order valence-corrected chi connectivity index (χ3v) is 2.91. The minimum absolute atomic E-state index is 0.206. The summed E-state index contributed by atoms with van der Waals surface area (Å²) in [5.74, 6) is -3.63. The van der Waals surface area contributed by atoms with E-state index in [1.807, 2.05) is 0 Å². The molecule has 8 heteroatoms. The average molecular weight is 330 g/mol. The van der Waals surface area contributed by atoms with Gasteiger partial charge in [-0.1, -0.05) is 12.1 Å². The van der Waals surface area contributed by atoms with Crippen LogP contribution in [-0.2, 0) is 30.0 Å². The van der Waals surface area contributed by atoms with Gasteiger partial charge in [-0.25, -0.2) is 0 Å². The Kier molecular flexibility index (Phi) is 6.06. The Hall–Kier alpha value is -2.64. The largest absolute Gasteiger partial charge is 0.468 e. The van der Waals surface area contributed by atoms with Crippen LogP contribution in [0.2, 0.25) is 0 Å². The Balaban J connectivity index is 3.21. The van der Waals surface area contributed by atoms with E-state index in [0.29, 0.717) is 0 Å². The van der Waals surface area contributed by atoms with Crippen molar-refractivity contribution in [3.63, 3.8) is 0 Å². The molecule has 0 fully saturated rings. The third kappa shape index (κ3) is 4.67. The number of esters is 2. The van der Waals surface area contributed by atoms with Crippen molar-refractivity contribution in [2.45, 2.75) is 6.18 Å². The number of carbonyl (C=O) groups excluding carboxylic acids is 3. The molecule has 0 aliphatic heterocycles. The molecule has 0 N–H and O–H groups in total. The van der Waals surface area contributed by atoms with E-state index in [4.69, 9.17) is 0 Å². The van der Waals surface area contributed by atoms with Crippen LogP contribution in [-0.4, -0.2) is 32.4 Å². The quantitative estimate of drug-likeness (QED) is 0.358. The summed E-state index contributed by atoms with van der Waals surface area (Å²) in [4.78, 5) is 34.4. The summed E-state index contributed by atoms with van der Waals surface area (Å²) >= 11 is 0. The van der Waals surface area contributed by atoms with Gasteiger partial charge in [0.25, 0.3) is 0 Å². The van der Waals surface area contributed by atoms with Gasteiger partial charge >= 0.3 is 18.1 Å². The van der Waals surface area contributed by atoms with Crippen LogP contribution in [0.25, 0.3) is 6.08 Å². The zero-order chi connectivity index (χ0) is 17.6. The molecule has 0 spiro atoms. The van der Waals surface area contributed by atoms with Gasteiger partial charge in [0.2, 0.25) is 0 Å². The van der Waals surface area contributed by atoms with Crippen LogP contribution in [0.15, 0.2) is 29.8 Å². The average Bonchev–Trinajstić information content (AvgIpc) is 2.53. The molecule has 0 aliphatic carbocycles. The molecule has 124 valence electrons. The number of benzene rings is 1. The second-order valence-corrected chi connectivity index (χ2v) is 4.36. The summed E-state index contributed by atoms with van der Waals surface area (Å²) in [5.41, 5.74) is -0.943. The van der Waals surface area contributed by atoms with Crippen molar-refractivity contribution >= 4 is 24.3 Å². The first-order valence-corrected chi connectivity index (χ1v) is 6.24. The molecular weight excluding hydrogens is 317 g/mol. The van der Waals surface area contributed by atoms with Crippen molar-refractivity contribution in [1.29, 1.82) is 0 Å². The third-order valence-electron chi connectivity index (χ3n) is 2.91. The number of hydrogen-bond donors (Lipinski definition) is 0. The lowest BCUT2D eigenvalue weighted by atomic mass is 9.97. The van der Waals surface area contributed by atoms with Crippen molar-refractivity contribution in [3.8, 4) is 0 Å². The molecule has 5 nitrogen and oxygen atoms in total. The lowest BCUT2D eigenvalue weighted by Crippen LogP contribution is -2.28. The van der Waals surface area contributed by atoms with Gasteiger partial charge in [-0.2, -0.15) is 13.2 Å². The van der Waals surface area contributed by atoms with E-state index in [1.165, 1.54) is 0 Å². The lowest BCUT2D eigenvalue weighted by molar-refractivity contribution is -0.157. The number of ether oxygens (including phenoxy) is 2. The molecule has 23 heavy (non-hydrogen) atoms. The SMILES string of the molecule is COC(=O)C(C(=O)OC)/C(C=O)=C/c1ccc(C(F)(F)F)cc1. The van der Waals surface area contributed by atoms with Gasteiger partial charge < -0.3 is 9.47 Å². The van der Waals surface area contributed by atoms with Gasteiger partial charge in [-0.3, -0.25) is 14.4 Å². The molecule has 0 bridgehead atoms. The number of halogens is 3. The predicted octanol–water partition coefficient (Wildman–Crippen LogP) is 2.25. The highest BCUT2D eigenvalue weighted by molar-refractivity contribution is 6.05. The van der Waals surface area contributed by atoms with Gasteiger partial charge in [0.05, 0.1) is 19.8 Å². The molecule has 1 aromatic rings. The molecule has 1 aromatic carbocycles. The van der Waals surface area contributed by atoms with Gasteiger partial charge in [0, 0.05) is 5.57 Å². The second kappa shape index (κ2) is 7.57. The van der Waals surface area contributed by atoms with Crippen molar-refractivity contribution < 1.29 is 37.0 Å². The number of aldehydes is 1. The molecule has 0 radical (unpaired) electrons. The summed E-state index contributed by atoms with van der Waals surface area (Å²) in [5, 5.41) is 0. The van der Waals surface area contributed by atoms with Gasteiger partial charge in [0.15, 0.2) is 5.92 Å². The molecule has 1 rings (SSSR count). The first kappa shape index (κ1) is 18.4. The predicted molar refractivity (Wildman–Crippen MR) is 73.0 cm³/mol. The second-order valence-electron chi connectivity index (χ2n) is 4.36. The van der Waals surface area contributed by atoms with Crippen LogP contribution in [0, 0.1) is 5.92 Å². The number of rotatable bonds is 5. The van der Waals surface area contributed by atoms with E-state index in [1.54, 1.807) is 0 Å². The lowest BCUT2D eigenvalue weighted by Gasteiger charge is -2.12. The van der Waals surface area contributed by atoms with Crippen LogP contribution in [0.4, 0.5) is 13.2 Å². The number of hydrogen-bond acceptors (Lipinski definition) is 5. The Labute approximate surface area is 129 Å². The van der Waals surface area contributed by atoms with Crippen molar-refractivity contribution in [3.05, 3.63) is 41.0 Å². The van der Waals surface area contributed by atoms with E-state index < -0.39 is 29.6 Å². The molecule has 0 aromatic heterocycles. The van der Waals surface area contributed by atoms with Crippen molar-refractivity contribution in [2.24, 2.45) is 5.92 Å². The fourth-order valence-corrected chi connectivity index (χ4v) is 1.75. The first-order valence-electron chi connectivity index (χ1n) is 6.24. The Morgan fingerprint density at radius 2 is 1.52 bits per heavy atom. The van der Waals surface area contributed by atoms with Crippen molar-refractivity contribution in [2.75, 3.05) is 14.2 Å². The summed E-state index contributed by atoms with van der Waals surface area (Å²) in [6.45, 7) is 0. The smallest absolute Gasteiger partial charge is 0.416 e. The van der Waals surface area contributed by atoms with E-state index in [0.717, 1.165) is 44.6 Å². The van der Waals surface area contributed by atoms with Gasteiger partial charge in [-0.15, -0.1) is 0 Å². The zero-order valence-corrected chi connectivity index (χ0v) is 12.2. The minimum atomic E-state index is -4.49. The topological polar surface area (TPSA) is 69.7 Å². The van der Waals surface area contributed by atoms with Crippen LogP contribution < -0.4 is 0 Å². The maximum absolute atomic E-state index is 12.5. The highest BCUT2D eigenvalue weighted by atomic mass is 19.4. The van der Waals surface area contributed by atoms with Gasteiger partial charge in [-0.05, 0) is 23.8 Å². The normalized spacial score (nSPS) is 12.0. The maximum Gasteiger partial charge on any atom is 0.416 e. The fraction of sp³-hybridized carbons (Fsp3) is 0.267. The van der Waals surface area contributed by atoms with E-state index >= 15 is 0 Å². The number of methoxy groups -OCH3 is 2. The molecule has 0 unspecified atom stereocenters. The summed E-state index contributed by atoms with van der Waals surface area (Å²) < 4.78 is 46.3. The van der Waals surface area contributed by atoms with Crippen LogP contribution in [0.3, 0.4) is 0 Å². The molecule has 0 heterocycles. The van der Waals surface area contributed by atoms with Crippen LogP contribution in [0.5, 0.6) is 0 Å². The highest BCUT2D eigenvalue weighted by Gasteiger charge is 2.33. The minimum Gasteiger partial charge on any atom is -0.468 e. The molecule has 0 saturated heterocycles. The Morgan fingerprint density at radius 1 is 1.04 bits per heavy atom. The molecular formula is C15H13F3O5. The molecule has 0 amide bonds. The van der Waals surface area contributed by atoms with E-state index in [2.05, 4.69) is 9.47 Å². The molecule has 0 saturated carbocycles. The van der Waals surface area contributed by atoms with Crippen molar-refractivity contribution in [1.82, 2.24) is 0 Å². The highest BCUT2D eigenvalue weighted by Crippen LogP contribution is 2.29. The Bertz CT molecular complexity index is 601. The fourth-order valence-electron chi connectivity index (χ4n) is 1.75. The number of carbonyl (C=O) groups is 3. The standard InChI is InChI=1S/C15H13F3O5/c1-22-13(20)12(14(21)23-2)10(8-19)7-9-3-5-11(6-4-9)15(16,17)18/h3-8,12H,1-2H3/b10-7+. The first-order chi connectivity index (χ1) is 10.7. The summed E-state index contributed by atoms with van der Waals surface area (Å²) in [6.07, 6.45) is -3.13. The summed E-state index contributed by atoms with van der Waals surface area (Å²) in [6, 6.07) is 3.86. The van der Waals surface area contributed by atoms with Crippen LogP contribution in [0.1, 0.15) is 11.1 Å². The van der Waals surface area contributed by atoms with Crippen LogP contribution >= 0.6 is 0 Å². The number of alkyl halides is 3. The maximum atomic E-state index is 12.5. The molecule has 0 atom stereocenters.